The molecule has 0 aromatic heterocycles. The SMILES string of the molecule is Cl.O=C(O)C1=CC(F)(CCNC[C@H](O)c2cccc(Cl)c2)C(c2ccccc2)C=C1. The first-order chi connectivity index (χ1) is 13.9. The Kier molecular flexibility index (Phi) is 8.62. The van der Waals surface area contributed by atoms with Crippen molar-refractivity contribution in [3.8, 4) is 0 Å². The van der Waals surface area contributed by atoms with Gasteiger partial charge >= 0.3 is 5.97 Å². The summed E-state index contributed by atoms with van der Waals surface area (Å²) in [6, 6.07) is 16.1. The van der Waals surface area contributed by atoms with Crippen LogP contribution in [0.1, 0.15) is 29.6 Å². The molecule has 2 aromatic rings. The van der Waals surface area contributed by atoms with E-state index in [1.165, 1.54) is 12.2 Å². The number of rotatable bonds is 8. The predicted octanol–water partition coefficient (Wildman–Crippen LogP) is 4.85. The first kappa shape index (κ1) is 24.1. The van der Waals surface area contributed by atoms with E-state index in [-0.39, 0.29) is 37.5 Å². The van der Waals surface area contributed by atoms with Gasteiger partial charge in [-0.1, -0.05) is 66.2 Å². The van der Waals surface area contributed by atoms with Crippen molar-refractivity contribution in [3.05, 3.63) is 94.5 Å². The van der Waals surface area contributed by atoms with E-state index >= 15 is 4.39 Å². The number of carbonyl (C=O) groups is 1. The molecule has 0 bridgehead atoms. The molecule has 0 aliphatic heterocycles. The second-order valence-electron chi connectivity index (χ2n) is 7.10. The number of carboxylic acid groups (broad SMARTS) is 1. The number of aliphatic carboxylic acids is 1. The van der Waals surface area contributed by atoms with Crippen LogP contribution >= 0.6 is 24.0 Å². The highest BCUT2D eigenvalue weighted by Crippen LogP contribution is 2.41. The Morgan fingerprint density at radius 2 is 1.93 bits per heavy atom. The highest BCUT2D eigenvalue weighted by atomic mass is 35.5. The van der Waals surface area contributed by atoms with E-state index in [9.17, 15) is 15.0 Å². The molecule has 4 nitrogen and oxygen atoms in total. The summed E-state index contributed by atoms with van der Waals surface area (Å²) in [6.07, 6.45) is 3.55. The normalized spacial score (nSPS) is 21.4. The fourth-order valence-electron chi connectivity index (χ4n) is 3.52. The van der Waals surface area contributed by atoms with Crippen LogP contribution in [-0.2, 0) is 4.79 Å². The fourth-order valence-corrected chi connectivity index (χ4v) is 3.71. The largest absolute Gasteiger partial charge is 0.478 e. The topological polar surface area (TPSA) is 69.6 Å². The molecular formula is C23H24Cl2FNO3. The summed E-state index contributed by atoms with van der Waals surface area (Å²) < 4.78 is 15.9. The van der Waals surface area contributed by atoms with Gasteiger partial charge in [0.2, 0.25) is 0 Å². The van der Waals surface area contributed by atoms with Gasteiger partial charge in [0.25, 0.3) is 0 Å². The van der Waals surface area contributed by atoms with Crippen LogP contribution in [0.4, 0.5) is 4.39 Å². The van der Waals surface area contributed by atoms with E-state index in [1.807, 2.05) is 30.3 Å². The summed E-state index contributed by atoms with van der Waals surface area (Å²) >= 11 is 5.94. The Bertz CT molecular complexity index is 920. The Hall–Kier alpha value is -2.18. The Morgan fingerprint density at radius 1 is 1.20 bits per heavy atom. The quantitative estimate of drug-likeness (QED) is 0.501. The number of hydrogen-bond donors (Lipinski definition) is 3. The Labute approximate surface area is 186 Å². The van der Waals surface area contributed by atoms with Crippen molar-refractivity contribution >= 4 is 30.0 Å². The molecule has 0 fully saturated rings. The van der Waals surface area contributed by atoms with Crippen LogP contribution in [0.5, 0.6) is 0 Å². The number of nitrogens with one attached hydrogen (secondary N) is 1. The molecule has 160 valence electrons. The van der Waals surface area contributed by atoms with Crippen LogP contribution in [0, 0.1) is 0 Å². The summed E-state index contributed by atoms with van der Waals surface area (Å²) in [4.78, 5) is 11.3. The molecule has 1 aliphatic rings. The van der Waals surface area contributed by atoms with Crippen molar-refractivity contribution < 1.29 is 19.4 Å². The zero-order valence-corrected chi connectivity index (χ0v) is 17.7. The molecule has 2 aromatic carbocycles. The van der Waals surface area contributed by atoms with E-state index in [4.69, 9.17) is 11.6 Å². The van der Waals surface area contributed by atoms with Gasteiger partial charge in [-0.3, -0.25) is 0 Å². The van der Waals surface area contributed by atoms with Crippen LogP contribution in [0.2, 0.25) is 5.02 Å². The fraction of sp³-hybridized carbons (Fsp3) is 0.261. The summed E-state index contributed by atoms with van der Waals surface area (Å²) in [5.41, 5.74) is -0.446. The maximum Gasteiger partial charge on any atom is 0.335 e. The van der Waals surface area contributed by atoms with E-state index in [0.717, 1.165) is 5.56 Å². The minimum Gasteiger partial charge on any atom is -0.478 e. The van der Waals surface area contributed by atoms with Crippen molar-refractivity contribution in [1.82, 2.24) is 5.32 Å². The maximum atomic E-state index is 15.9. The number of alkyl halides is 1. The third-order valence-electron chi connectivity index (χ3n) is 5.04. The summed E-state index contributed by atoms with van der Waals surface area (Å²) in [5.74, 6) is -1.73. The first-order valence-electron chi connectivity index (χ1n) is 9.41. The molecule has 0 radical (unpaired) electrons. The Morgan fingerprint density at radius 3 is 2.60 bits per heavy atom. The van der Waals surface area contributed by atoms with Crippen LogP contribution in [0.15, 0.2) is 78.4 Å². The average Bonchev–Trinajstić information content (AvgIpc) is 2.71. The van der Waals surface area contributed by atoms with Gasteiger partial charge in [-0.05, 0) is 42.3 Å². The molecule has 2 unspecified atom stereocenters. The molecule has 0 saturated heterocycles. The van der Waals surface area contributed by atoms with Gasteiger partial charge in [-0.15, -0.1) is 12.4 Å². The number of carboxylic acids is 1. The molecule has 0 saturated carbocycles. The molecular weight excluding hydrogens is 428 g/mol. The van der Waals surface area contributed by atoms with Gasteiger partial charge in [0.05, 0.1) is 11.7 Å². The molecule has 3 atom stereocenters. The molecule has 30 heavy (non-hydrogen) atoms. The van der Waals surface area contributed by atoms with Gasteiger partial charge in [0.15, 0.2) is 0 Å². The van der Waals surface area contributed by atoms with Crippen LogP contribution in [0.3, 0.4) is 0 Å². The van der Waals surface area contributed by atoms with Gasteiger partial charge in [-0.2, -0.15) is 0 Å². The maximum absolute atomic E-state index is 15.9. The van der Waals surface area contributed by atoms with E-state index in [2.05, 4.69) is 5.32 Å². The summed E-state index contributed by atoms with van der Waals surface area (Å²) in [7, 11) is 0. The summed E-state index contributed by atoms with van der Waals surface area (Å²) in [5, 5.41) is 23.1. The Balaban J connectivity index is 0.00000320. The number of aliphatic hydroxyl groups excluding tert-OH is 1. The number of hydrogen-bond acceptors (Lipinski definition) is 3. The lowest BCUT2D eigenvalue weighted by Gasteiger charge is -2.33. The molecule has 0 heterocycles. The minimum atomic E-state index is -1.85. The summed E-state index contributed by atoms with van der Waals surface area (Å²) in [6.45, 7) is 0.506. The van der Waals surface area contributed by atoms with E-state index in [0.29, 0.717) is 10.6 Å². The highest BCUT2D eigenvalue weighted by molar-refractivity contribution is 6.30. The van der Waals surface area contributed by atoms with Crippen LogP contribution in [0.25, 0.3) is 0 Å². The zero-order chi connectivity index (χ0) is 20.9. The number of aliphatic hydroxyl groups is 1. The highest BCUT2D eigenvalue weighted by Gasteiger charge is 2.39. The average molecular weight is 452 g/mol. The standard InChI is InChI=1S/C23H23ClFNO3.ClH/c24-19-8-4-7-17(13-19)21(27)15-26-12-11-23(25)14-18(22(28)29)9-10-20(23)16-5-2-1-3-6-16;/h1-10,13-14,20-21,26-27H,11-12,15H2,(H,28,29);1H/t20?,21-,23?;/m0./s1. The predicted molar refractivity (Wildman–Crippen MR) is 119 cm³/mol. The lowest BCUT2D eigenvalue weighted by molar-refractivity contribution is -0.132. The van der Waals surface area contributed by atoms with E-state index < -0.39 is 23.7 Å². The molecule has 3 N–H and O–H groups in total. The molecule has 7 heteroatoms. The lowest BCUT2D eigenvalue weighted by atomic mass is 9.77. The molecule has 1 aliphatic carbocycles. The van der Waals surface area contributed by atoms with Gasteiger partial charge < -0.3 is 15.5 Å². The minimum absolute atomic E-state index is 0. The lowest BCUT2D eigenvalue weighted by Crippen LogP contribution is -2.36. The van der Waals surface area contributed by atoms with Crippen LogP contribution < -0.4 is 5.32 Å². The van der Waals surface area contributed by atoms with Crippen molar-refractivity contribution in [2.24, 2.45) is 0 Å². The molecule has 3 rings (SSSR count). The van der Waals surface area contributed by atoms with Crippen molar-refractivity contribution in [1.29, 1.82) is 0 Å². The van der Waals surface area contributed by atoms with Crippen molar-refractivity contribution in [3.63, 3.8) is 0 Å². The van der Waals surface area contributed by atoms with Crippen molar-refractivity contribution in [2.45, 2.75) is 24.1 Å². The van der Waals surface area contributed by atoms with Gasteiger partial charge in [0, 0.05) is 17.5 Å². The second kappa shape index (κ2) is 10.7. The second-order valence-corrected chi connectivity index (χ2v) is 7.54. The van der Waals surface area contributed by atoms with Gasteiger partial charge in [-0.25, -0.2) is 9.18 Å². The van der Waals surface area contributed by atoms with Crippen molar-refractivity contribution in [2.75, 3.05) is 13.1 Å². The third-order valence-corrected chi connectivity index (χ3v) is 5.28. The van der Waals surface area contributed by atoms with Gasteiger partial charge in [0.1, 0.15) is 5.67 Å². The van der Waals surface area contributed by atoms with Crippen LogP contribution in [-0.4, -0.2) is 34.9 Å². The first-order valence-corrected chi connectivity index (χ1v) is 9.79. The number of allylic oxidation sites excluding steroid dienone is 2. The molecule has 0 amide bonds. The monoisotopic (exact) mass is 451 g/mol. The zero-order valence-electron chi connectivity index (χ0n) is 16.2. The smallest absolute Gasteiger partial charge is 0.335 e. The van der Waals surface area contributed by atoms with E-state index in [1.54, 1.807) is 30.3 Å². The number of halogens is 3. The molecule has 0 spiro atoms. The number of benzene rings is 2. The third kappa shape index (κ3) is 5.92.